The van der Waals surface area contributed by atoms with Crippen molar-refractivity contribution in [2.75, 3.05) is 16.2 Å². The average Bonchev–Trinajstić information content (AvgIpc) is 2.70. The maximum absolute atomic E-state index is 11.6. The molecule has 1 aromatic heterocycles. The van der Waals surface area contributed by atoms with E-state index in [4.69, 9.17) is 5.11 Å². The highest BCUT2D eigenvalue weighted by atomic mass is 32.2. The van der Waals surface area contributed by atoms with E-state index in [0.29, 0.717) is 10.8 Å². The summed E-state index contributed by atoms with van der Waals surface area (Å²) in [5, 5.41) is 16.0. The van der Waals surface area contributed by atoms with E-state index in [0.717, 1.165) is 29.5 Å². The first-order valence-electron chi connectivity index (χ1n) is 5.11. The number of carbonyl (C=O) groups is 1. The van der Waals surface area contributed by atoms with Gasteiger partial charge in [0, 0.05) is 0 Å². The summed E-state index contributed by atoms with van der Waals surface area (Å²) in [6.07, 6.45) is 1.37. The molecule has 0 bridgehead atoms. The van der Waals surface area contributed by atoms with Gasteiger partial charge in [-0.1, -0.05) is 36.4 Å². The fraction of sp³-hybridized carbons (Fsp3) is 0.625. The molecule has 0 radical (unpaired) electrons. The fourth-order valence-corrected chi connectivity index (χ4v) is 3.90. The van der Waals surface area contributed by atoms with E-state index < -0.39 is 16.0 Å². The molecular weight excluding hydrogens is 298 g/mol. The Morgan fingerprint density at radius 2 is 2.22 bits per heavy atom. The Kier molecular flexibility index (Phi) is 5.82. The van der Waals surface area contributed by atoms with Crippen molar-refractivity contribution < 1.29 is 18.3 Å². The van der Waals surface area contributed by atoms with Crippen LogP contribution in [0, 0.1) is 0 Å². The first-order chi connectivity index (χ1) is 8.43. The summed E-state index contributed by atoms with van der Waals surface area (Å²) >= 11 is 2.03. The summed E-state index contributed by atoms with van der Waals surface area (Å²) < 4.78 is 25.9. The molecule has 0 saturated heterocycles. The number of carboxylic acids is 1. The van der Waals surface area contributed by atoms with Crippen LogP contribution in [-0.2, 0) is 14.8 Å². The smallest absolute Gasteiger partial charge is 0.313 e. The third-order valence-corrected chi connectivity index (χ3v) is 5.15. The van der Waals surface area contributed by atoms with Gasteiger partial charge in [-0.15, -0.1) is 10.2 Å². The van der Waals surface area contributed by atoms with Crippen molar-refractivity contribution in [1.29, 1.82) is 0 Å². The lowest BCUT2D eigenvalue weighted by atomic mass is 10.4. The molecule has 0 aliphatic rings. The lowest BCUT2D eigenvalue weighted by Crippen LogP contribution is -2.16. The Hall–Kier alpha value is -0.870. The second-order valence-corrected chi connectivity index (χ2v) is 7.37. The molecule has 102 valence electrons. The number of nitrogens with zero attached hydrogens (tertiary/aromatic N) is 2. The van der Waals surface area contributed by atoms with Crippen LogP contribution >= 0.6 is 23.1 Å². The van der Waals surface area contributed by atoms with Gasteiger partial charge in [-0.3, -0.25) is 9.52 Å². The number of hydrogen-bond acceptors (Lipinski definition) is 7. The fourth-order valence-electron chi connectivity index (χ4n) is 0.951. The van der Waals surface area contributed by atoms with Crippen LogP contribution in [0.2, 0.25) is 0 Å². The molecule has 10 heteroatoms. The van der Waals surface area contributed by atoms with E-state index in [1.165, 1.54) is 0 Å². The van der Waals surface area contributed by atoms with Crippen molar-refractivity contribution in [3.05, 3.63) is 0 Å². The molecule has 1 heterocycles. The van der Waals surface area contributed by atoms with Gasteiger partial charge in [0.15, 0.2) is 4.34 Å². The summed E-state index contributed by atoms with van der Waals surface area (Å²) in [6, 6.07) is 0. The maximum atomic E-state index is 11.6. The number of hydrogen-bond donors (Lipinski definition) is 2. The van der Waals surface area contributed by atoms with E-state index in [1.807, 2.05) is 6.92 Å². The highest BCUT2D eigenvalue weighted by molar-refractivity contribution is 8.01. The normalized spacial score (nSPS) is 11.4. The van der Waals surface area contributed by atoms with Crippen LogP contribution in [0.5, 0.6) is 0 Å². The first-order valence-corrected chi connectivity index (χ1v) is 8.57. The van der Waals surface area contributed by atoms with Crippen LogP contribution in [0.4, 0.5) is 5.13 Å². The van der Waals surface area contributed by atoms with Gasteiger partial charge in [-0.2, -0.15) is 0 Å². The van der Waals surface area contributed by atoms with Gasteiger partial charge >= 0.3 is 5.97 Å². The van der Waals surface area contributed by atoms with Crippen LogP contribution < -0.4 is 4.72 Å². The molecule has 1 aromatic rings. The molecule has 0 aliphatic heterocycles. The predicted molar refractivity (Wildman–Crippen MR) is 70.6 cm³/mol. The van der Waals surface area contributed by atoms with Gasteiger partial charge < -0.3 is 5.11 Å². The lowest BCUT2D eigenvalue weighted by Gasteiger charge is -2.02. The standard InChI is InChI=1S/C8H13N3O4S3/c1-2-3-4-18(14,15)11-7-9-10-8(17-7)16-5-6(12)13/h2-5H2,1H3,(H,9,11)(H,12,13). The zero-order valence-corrected chi connectivity index (χ0v) is 12.1. The molecule has 0 amide bonds. The monoisotopic (exact) mass is 311 g/mol. The number of thioether (sulfide) groups is 1. The van der Waals surface area contributed by atoms with Gasteiger partial charge in [-0.05, 0) is 6.42 Å². The van der Waals surface area contributed by atoms with E-state index >= 15 is 0 Å². The number of nitrogens with one attached hydrogen (secondary N) is 1. The molecule has 0 spiro atoms. The zero-order chi connectivity index (χ0) is 13.6. The second kappa shape index (κ2) is 6.90. The number of sulfonamides is 1. The third kappa shape index (κ3) is 5.65. The van der Waals surface area contributed by atoms with Crippen molar-refractivity contribution in [3.63, 3.8) is 0 Å². The Labute approximate surface area is 113 Å². The van der Waals surface area contributed by atoms with Crippen LogP contribution in [0.25, 0.3) is 0 Å². The molecule has 0 aromatic carbocycles. The molecule has 0 saturated carbocycles. The first kappa shape index (κ1) is 15.2. The summed E-state index contributed by atoms with van der Waals surface area (Å²) in [5.41, 5.74) is 0. The van der Waals surface area contributed by atoms with Crippen LogP contribution in [0.1, 0.15) is 19.8 Å². The van der Waals surface area contributed by atoms with Gasteiger partial charge in [0.2, 0.25) is 15.2 Å². The molecule has 0 unspecified atom stereocenters. The number of aliphatic carboxylic acids is 1. The number of aromatic nitrogens is 2. The van der Waals surface area contributed by atoms with Crippen LogP contribution in [-0.4, -0.2) is 41.2 Å². The summed E-state index contributed by atoms with van der Waals surface area (Å²) in [7, 11) is -3.38. The molecule has 1 rings (SSSR count). The van der Waals surface area contributed by atoms with Crippen molar-refractivity contribution in [1.82, 2.24) is 10.2 Å². The molecule has 7 nitrogen and oxygen atoms in total. The summed E-state index contributed by atoms with van der Waals surface area (Å²) in [6.45, 7) is 1.90. The number of unbranched alkanes of at least 4 members (excludes halogenated alkanes) is 1. The Bertz CT molecular complexity index is 499. The molecule has 18 heavy (non-hydrogen) atoms. The highest BCUT2D eigenvalue weighted by Crippen LogP contribution is 2.25. The largest absolute Gasteiger partial charge is 0.481 e. The van der Waals surface area contributed by atoms with Gasteiger partial charge in [0.05, 0.1) is 11.5 Å². The highest BCUT2D eigenvalue weighted by Gasteiger charge is 2.13. The van der Waals surface area contributed by atoms with Crippen molar-refractivity contribution >= 4 is 44.2 Å². The molecule has 0 aliphatic carbocycles. The zero-order valence-electron chi connectivity index (χ0n) is 9.62. The van der Waals surface area contributed by atoms with E-state index in [-0.39, 0.29) is 16.6 Å². The molecule has 2 N–H and O–H groups in total. The van der Waals surface area contributed by atoms with Gasteiger partial charge in [0.1, 0.15) is 0 Å². The molecular formula is C8H13N3O4S3. The summed E-state index contributed by atoms with van der Waals surface area (Å²) in [5.74, 6) is -1.04. The van der Waals surface area contributed by atoms with E-state index in [9.17, 15) is 13.2 Å². The van der Waals surface area contributed by atoms with Gasteiger partial charge in [-0.25, -0.2) is 8.42 Å². The number of carboxylic acid groups (broad SMARTS) is 1. The van der Waals surface area contributed by atoms with Crippen LogP contribution in [0.15, 0.2) is 4.34 Å². The summed E-state index contributed by atoms with van der Waals surface area (Å²) in [4.78, 5) is 10.4. The van der Waals surface area contributed by atoms with E-state index in [1.54, 1.807) is 0 Å². The number of anilines is 1. The maximum Gasteiger partial charge on any atom is 0.313 e. The topological polar surface area (TPSA) is 109 Å². The Morgan fingerprint density at radius 3 is 2.83 bits per heavy atom. The predicted octanol–water partition coefficient (Wildman–Crippen LogP) is 1.26. The van der Waals surface area contributed by atoms with Crippen LogP contribution in [0.3, 0.4) is 0 Å². The van der Waals surface area contributed by atoms with Crippen molar-refractivity contribution in [3.8, 4) is 0 Å². The quantitative estimate of drug-likeness (QED) is 0.695. The van der Waals surface area contributed by atoms with Gasteiger partial charge in [0.25, 0.3) is 0 Å². The SMILES string of the molecule is CCCCS(=O)(=O)Nc1nnc(SCC(=O)O)s1. The molecule has 0 fully saturated rings. The van der Waals surface area contributed by atoms with Crippen molar-refractivity contribution in [2.45, 2.75) is 24.1 Å². The minimum atomic E-state index is -3.38. The Balaban J connectivity index is 2.55. The molecule has 0 atom stereocenters. The minimum Gasteiger partial charge on any atom is -0.481 e. The van der Waals surface area contributed by atoms with E-state index in [2.05, 4.69) is 14.9 Å². The van der Waals surface area contributed by atoms with Crippen molar-refractivity contribution in [2.24, 2.45) is 0 Å². The average molecular weight is 311 g/mol. The number of rotatable bonds is 8. The Morgan fingerprint density at radius 1 is 1.50 bits per heavy atom. The lowest BCUT2D eigenvalue weighted by molar-refractivity contribution is -0.133. The third-order valence-electron chi connectivity index (χ3n) is 1.74. The second-order valence-electron chi connectivity index (χ2n) is 3.33. The minimum absolute atomic E-state index is 0.0423.